The Morgan fingerprint density at radius 2 is 2.08 bits per heavy atom. The third kappa shape index (κ3) is 2.47. The fourth-order valence-electron chi connectivity index (χ4n) is 2.65. The largest absolute Gasteiger partial charge is 0.352 e. The van der Waals surface area contributed by atoms with Crippen molar-refractivity contribution in [3.05, 3.63) is 34.6 Å². The van der Waals surface area contributed by atoms with Gasteiger partial charge < -0.3 is 5.32 Å². The summed E-state index contributed by atoms with van der Waals surface area (Å²) in [4.78, 5) is 24.6. The summed E-state index contributed by atoms with van der Waals surface area (Å²) in [5.41, 5.74) is 0.638. The average Bonchev–Trinajstić information content (AvgIpc) is 3.30. The lowest BCUT2D eigenvalue weighted by Crippen LogP contribution is -2.32. The Balaban J connectivity index is 1.79. The molecule has 4 rings (SSSR count). The number of rotatable bonds is 4. The molecule has 3 aromatic rings. The van der Waals surface area contributed by atoms with Gasteiger partial charge in [0.2, 0.25) is 11.7 Å². The highest BCUT2D eigenvalue weighted by Gasteiger charge is 2.27. The second-order valence-corrected chi connectivity index (χ2v) is 7.35. The summed E-state index contributed by atoms with van der Waals surface area (Å²) in [5.74, 6) is 0.476. The topological polar surface area (TPSA) is 81.3 Å². The van der Waals surface area contributed by atoms with Crippen LogP contribution in [0, 0.1) is 0 Å². The fourth-order valence-corrected chi connectivity index (χ4v) is 3.51. The molecule has 1 aliphatic rings. The molecule has 0 aliphatic heterocycles. The van der Waals surface area contributed by atoms with E-state index in [9.17, 15) is 9.59 Å². The highest BCUT2D eigenvalue weighted by molar-refractivity contribution is 8.00. The van der Waals surface area contributed by atoms with Crippen LogP contribution in [0.1, 0.15) is 19.8 Å². The SMILES string of the molecule is CC(Sc1nnc2n(C)c(=O)c3ccccc3n12)C(=O)NC1CC1. The lowest BCUT2D eigenvalue weighted by Gasteiger charge is -2.11. The van der Waals surface area contributed by atoms with Gasteiger partial charge in [0.25, 0.3) is 5.56 Å². The van der Waals surface area contributed by atoms with E-state index in [0.717, 1.165) is 18.4 Å². The average molecular weight is 343 g/mol. The van der Waals surface area contributed by atoms with Crippen LogP contribution >= 0.6 is 11.8 Å². The molecule has 1 atom stereocenters. The van der Waals surface area contributed by atoms with Gasteiger partial charge in [0.15, 0.2) is 5.16 Å². The van der Waals surface area contributed by atoms with Crippen LogP contribution in [0.3, 0.4) is 0 Å². The van der Waals surface area contributed by atoms with Gasteiger partial charge in [-0.05, 0) is 31.9 Å². The zero-order chi connectivity index (χ0) is 16.8. The van der Waals surface area contributed by atoms with Crippen LogP contribution in [0.5, 0.6) is 0 Å². The molecule has 0 saturated heterocycles. The number of aromatic nitrogens is 4. The molecule has 24 heavy (non-hydrogen) atoms. The molecule has 7 nitrogen and oxygen atoms in total. The quantitative estimate of drug-likeness (QED) is 0.723. The fraction of sp³-hybridized carbons (Fsp3) is 0.375. The Kier molecular flexibility index (Phi) is 3.56. The van der Waals surface area contributed by atoms with Gasteiger partial charge in [-0.25, -0.2) is 0 Å². The predicted molar refractivity (Wildman–Crippen MR) is 92.2 cm³/mol. The van der Waals surface area contributed by atoms with Crippen molar-refractivity contribution in [2.45, 2.75) is 36.2 Å². The second kappa shape index (κ2) is 5.62. The van der Waals surface area contributed by atoms with Gasteiger partial charge in [0.1, 0.15) is 0 Å². The molecule has 1 amide bonds. The number of benzene rings is 1. The van der Waals surface area contributed by atoms with E-state index in [4.69, 9.17) is 0 Å². The van der Waals surface area contributed by atoms with E-state index >= 15 is 0 Å². The van der Waals surface area contributed by atoms with Crippen LogP contribution in [0.15, 0.2) is 34.2 Å². The molecule has 0 radical (unpaired) electrons. The van der Waals surface area contributed by atoms with Gasteiger partial charge in [-0.2, -0.15) is 0 Å². The van der Waals surface area contributed by atoms with E-state index in [1.54, 1.807) is 13.1 Å². The number of para-hydroxylation sites is 1. The molecule has 124 valence electrons. The molecule has 2 aromatic heterocycles. The molecule has 0 bridgehead atoms. The summed E-state index contributed by atoms with van der Waals surface area (Å²) in [6, 6.07) is 7.69. The summed E-state index contributed by atoms with van der Waals surface area (Å²) in [7, 11) is 1.68. The Morgan fingerprint density at radius 1 is 1.33 bits per heavy atom. The van der Waals surface area contributed by atoms with Crippen LogP contribution < -0.4 is 10.9 Å². The third-order valence-corrected chi connectivity index (χ3v) is 5.21. The molecule has 1 aliphatic carbocycles. The maximum atomic E-state index is 12.4. The Hall–Kier alpha value is -2.35. The zero-order valence-electron chi connectivity index (χ0n) is 13.4. The van der Waals surface area contributed by atoms with E-state index in [1.165, 1.54) is 16.3 Å². The zero-order valence-corrected chi connectivity index (χ0v) is 14.2. The highest BCUT2D eigenvalue weighted by Crippen LogP contribution is 2.26. The van der Waals surface area contributed by atoms with Crippen molar-refractivity contribution in [1.82, 2.24) is 24.5 Å². The molecule has 1 unspecified atom stereocenters. The van der Waals surface area contributed by atoms with Crippen molar-refractivity contribution in [2.24, 2.45) is 7.05 Å². The minimum atomic E-state index is -0.283. The number of nitrogens with zero attached hydrogens (tertiary/aromatic N) is 4. The number of aryl methyl sites for hydroxylation is 1. The number of carbonyl (C=O) groups excluding carboxylic acids is 1. The number of hydrogen-bond donors (Lipinski definition) is 1. The first-order chi connectivity index (χ1) is 11.6. The van der Waals surface area contributed by atoms with Crippen LogP contribution in [0.2, 0.25) is 0 Å². The Bertz CT molecular complexity index is 1000. The lowest BCUT2D eigenvalue weighted by atomic mass is 10.2. The van der Waals surface area contributed by atoms with Crippen molar-refractivity contribution in [3.63, 3.8) is 0 Å². The van der Waals surface area contributed by atoms with Crippen molar-refractivity contribution in [3.8, 4) is 0 Å². The molecule has 1 aromatic carbocycles. The molecule has 8 heteroatoms. The molecule has 1 saturated carbocycles. The first-order valence-corrected chi connectivity index (χ1v) is 8.74. The van der Waals surface area contributed by atoms with Crippen molar-refractivity contribution in [2.75, 3.05) is 0 Å². The number of carbonyl (C=O) groups is 1. The van der Waals surface area contributed by atoms with Gasteiger partial charge in [-0.15, -0.1) is 10.2 Å². The summed E-state index contributed by atoms with van der Waals surface area (Å²) in [5, 5.41) is 12.3. The molecular weight excluding hydrogens is 326 g/mol. The van der Waals surface area contributed by atoms with Gasteiger partial charge in [-0.3, -0.25) is 18.6 Å². The van der Waals surface area contributed by atoms with Crippen LogP contribution in [0.4, 0.5) is 0 Å². The number of amides is 1. The smallest absolute Gasteiger partial charge is 0.262 e. The maximum Gasteiger partial charge on any atom is 0.262 e. The van der Waals surface area contributed by atoms with Gasteiger partial charge >= 0.3 is 0 Å². The standard InChI is InChI=1S/C16H17N5O2S/c1-9(13(22)17-10-7-8-10)24-16-19-18-15-20(2)14(23)11-5-3-4-6-12(11)21(15)16/h3-6,9-10H,7-8H2,1-2H3,(H,17,22). The van der Waals surface area contributed by atoms with Crippen molar-refractivity contribution < 1.29 is 4.79 Å². The third-order valence-electron chi connectivity index (χ3n) is 4.17. The first-order valence-electron chi connectivity index (χ1n) is 7.86. The lowest BCUT2D eigenvalue weighted by molar-refractivity contribution is -0.120. The van der Waals surface area contributed by atoms with Crippen molar-refractivity contribution >= 4 is 34.3 Å². The normalized spacial score (nSPS) is 15.8. The number of thioether (sulfide) groups is 1. The highest BCUT2D eigenvalue weighted by atomic mass is 32.2. The minimum absolute atomic E-state index is 0.00776. The van der Waals surface area contributed by atoms with E-state index in [2.05, 4.69) is 15.5 Å². The van der Waals surface area contributed by atoms with E-state index in [1.807, 2.05) is 29.5 Å². The van der Waals surface area contributed by atoms with Crippen molar-refractivity contribution in [1.29, 1.82) is 0 Å². The van der Waals surface area contributed by atoms with E-state index < -0.39 is 0 Å². The molecule has 0 spiro atoms. The number of nitrogens with one attached hydrogen (secondary N) is 1. The number of fused-ring (bicyclic) bond motifs is 3. The summed E-state index contributed by atoms with van der Waals surface area (Å²) >= 11 is 1.35. The second-order valence-electron chi connectivity index (χ2n) is 6.04. The van der Waals surface area contributed by atoms with Crippen LogP contribution in [0.25, 0.3) is 16.7 Å². The van der Waals surface area contributed by atoms with E-state index in [0.29, 0.717) is 22.4 Å². The Morgan fingerprint density at radius 3 is 2.83 bits per heavy atom. The predicted octanol–water partition coefficient (Wildman–Crippen LogP) is 1.34. The Labute approximate surface area is 142 Å². The minimum Gasteiger partial charge on any atom is -0.352 e. The summed E-state index contributed by atoms with van der Waals surface area (Å²) in [6.45, 7) is 1.85. The van der Waals surface area contributed by atoms with Crippen LogP contribution in [-0.2, 0) is 11.8 Å². The first kappa shape index (κ1) is 15.2. The molecule has 2 heterocycles. The number of hydrogen-bond acceptors (Lipinski definition) is 5. The maximum absolute atomic E-state index is 12.4. The summed E-state index contributed by atoms with van der Waals surface area (Å²) in [6.07, 6.45) is 2.12. The molecule has 1 N–H and O–H groups in total. The van der Waals surface area contributed by atoms with Crippen LogP contribution in [-0.4, -0.2) is 36.4 Å². The van der Waals surface area contributed by atoms with Gasteiger partial charge in [0.05, 0.1) is 16.2 Å². The van der Waals surface area contributed by atoms with Gasteiger partial charge in [-0.1, -0.05) is 23.9 Å². The summed E-state index contributed by atoms with van der Waals surface area (Å²) < 4.78 is 3.32. The monoisotopic (exact) mass is 343 g/mol. The van der Waals surface area contributed by atoms with E-state index in [-0.39, 0.29) is 16.7 Å². The van der Waals surface area contributed by atoms with Gasteiger partial charge in [0, 0.05) is 13.1 Å². The molecular formula is C16H17N5O2S. The molecule has 1 fully saturated rings.